The van der Waals surface area contributed by atoms with Crippen LogP contribution in [0.2, 0.25) is 0 Å². The maximum absolute atomic E-state index is 13.1. The van der Waals surface area contributed by atoms with Crippen LogP contribution in [0.15, 0.2) is 55.0 Å². The summed E-state index contributed by atoms with van der Waals surface area (Å²) in [5, 5.41) is 0. The van der Waals surface area contributed by atoms with Crippen LogP contribution in [-0.2, 0) is 30.9 Å². The number of carbonyl (C=O) groups is 1. The second kappa shape index (κ2) is 17.0. The number of imidazole rings is 1. The summed E-state index contributed by atoms with van der Waals surface area (Å²) >= 11 is 0. The van der Waals surface area contributed by atoms with Crippen molar-refractivity contribution in [2.24, 2.45) is 0 Å². The van der Waals surface area contributed by atoms with E-state index in [2.05, 4.69) is 81.9 Å². The molecule has 0 radical (unpaired) electrons. The standard InChI is InChI=1S/C34H52N6O2/c1-7-19-38(20-8-2)21-9-10-22-40(33(41)42-34(4,5)6)25-30-14-12-29(13-15-30)24-39(27-32-35-17-18-36-32)26-31-16-11-28(3)23-37-31/h11-18,23H,7-10,19-22,24-27H2,1-6H3,(H,35,36). The number of nitrogens with zero attached hydrogens (tertiary/aromatic N) is 5. The van der Waals surface area contributed by atoms with Gasteiger partial charge in [0, 0.05) is 44.8 Å². The minimum Gasteiger partial charge on any atom is -0.444 e. The molecule has 0 fully saturated rings. The number of benzene rings is 1. The van der Waals surface area contributed by atoms with Crippen molar-refractivity contribution in [2.75, 3.05) is 26.2 Å². The van der Waals surface area contributed by atoms with Crippen molar-refractivity contribution in [2.45, 2.75) is 99.0 Å². The zero-order chi connectivity index (χ0) is 30.4. The number of rotatable bonds is 17. The fraction of sp³-hybridized carbons (Fsp3) is 0.559. The van der Waals surface area contributed by atoms with E-state index in [4.69, 9.17) is 4.74 Å². The molecule has 0 spiro atoms. The van der Waals surface area contributed by atoms with Crippen LogP contribution in [0.4, 0.5) is 4.79 Å². The molecular weight excluding hydrogens is 524 g/mol. The predicted molar refractivity (Wildman–Crippen MR) is 170 cm³/mol. The van der Waals surface area contributed by atoms with E-state index in [1.54, 1.807) is 6.20 Å². The number of aromatic nitrogens is 3. The van der Waals surface area contributed by atoms with Crippen molar-refractivity contribution >= 4 is 6.09 Å². The summed E-state index contributed by atoms with van der Waals surface area (Å²) in [5.74, 6) is 0.930. The number of H-pyrrole nitrogens is 1. The monoisotopic (exact) mass is 576 g/mol. The lowest BCUT2D eigenvalue weighted by Gasteiger charge is -2.28. The van der Waals surface area contributed by atoms with Gasteiger partial charge in [0.2, 0.25) is 0 Å². The van der Waals surface area contributed by atoms with Crippen LogP contribution in [0.25, 0.3) is 0 Å². The average Bonchev–Trinajstić information content (AvgIpc) is 3.45. The van der Waals surface area contributed by atoms with Crippen molar-refractivity contribution in [3.8, 4) is 0 Å². The first-order valence-corrected chi connectivity index (χ1v) is 15.6. The highest BCUT2D eigenvalue weighted by molar-refractivity contribution is 5.68. The number of carbonyl (C=O) groups excluding carboxylic acids is 1. The summed E-state index contributed by atoms with van der Waals surface area (Å²) in [7, 11) is 0. The Bertz CT molecular complexity index is 1150. The number of hydrogen-bond donors (Lipinski definition) is 1. The number of pyridine rings is 1. The first-order valence-electron chi connectivity index (χ1n) is 15.6. The summed E-state index contributed by atoms with van der Waals surface area (Å²) in [6.07, 6.45) is 9.67. The SMILES string of the molecule is CCCN(CCC)CCCCN(Cc1ccc(CN(Cc2ccc(C)cn2)Cc2ncc[nH]2)cc1)C(=O)OC(C)(C)C. The van der Waals surface area contributed by atoms with Crippen LogP contribution in [0.3, 0.4) is 0 Å². The van der Waals surface area contributed by atoms with E-state index in [0.717, 1.165) is 68.2 Å². The van der Waals surface area contributed by atoms with Crippen molar-refractivity contribution in [3.05, 3.63) is 83.2 Å². The minimum absolute atomic E-state index is 0.249. The molecule has 1 N–H and O–H groups in total. The Labute approximate surface area is 253 Å². The van der Waals surface area contributed by atoms with Crippen LogP contribution in [0.1, 0.15) is 88.5 Å². The van der Waals surface area contributed by atoms with Crippen molar-refractivity contribution < 1.29 is 9.53 Å². The summed E-state index contributed by atoms with van der Waals surface area (Å²) in [6.45, 7) is 19.0. The van der Waals surface area contributed by atoms with Gasteiger partial charge in [0.25, 0.3) is 0 Å². The number of amides is 1. The molecule has 0 atom stereocenters. The smallest absolute Gasteiger partial charge is 0.410 e. The number of ether oxygens (including phenoxy) is 1. The highest BCUT2D eigenvalue weighted by Crippen LogP contribution is 2.17. The molecule has 0 saturated heterocycles. The van der Waals surface area contributed by atoms with Crippen LogP contribution in [-0.4, -0.2) is 67.5 Å². The molecule has 0 bridgehead atoms. The molecule has 0 unspecified atom stereocenters. The average molecular weight is 577 g/mol. The maximum Gasteiger partial charge on any atom is 0.410 e. The van der Waals surface area contributed by atoms with Crippen LogP contribution >= 0.6 is 0 Å². The van der Waals surface area contributed by atoms with Gasteiger partial charge >= 0.3 is 6.09 Å². The van der Waals surface area contributed by atoms with Gasteiger partial charge in [-0.15, -0.1) is 0 Å². The molecule has 3 aromatic rings. The van der Waals surface area contributed by atoms with Gasteiger partial charge in [0.05, 0.1) is 12.2 Å². The van der Waals surface area contributed by atoms with Gasteiger partial charge in [-0.2, -0.15) is 0 Å². The van der Waals surface area contributed by atoms with Gasteiger partial charge in [0.1, 0.15) is 11.4 Å². The number of nitrogens with one attached hydrogen (secondary N) is 1. The van der Waals surface area contributed by atoms with E-state index in [1.165, 1.54) is 18.4 Å². The van der Waals surface area contributed by atoms with Crippen molar-refractivity contribution in [1.82, 2.24) is 29.7 Å². The zero-order valence-corrected chi connectivity index (χ0v) is 26.7. The highest BCUT2D eigenvalue weighted by atomic mass is 16.6. The first kappa shape index (κ1) is 33.3. The number of hydrogen-bond acceptors (Lipinski definition) is 6. The number of aryl methyl sites for hydroxylation is 1. The highest BCUT2D eigenvalue weighted by Gasteiger charge is 2.22. The van der Waals surface area contributed by atoms with Crippen molar-refractivity contribution in [3.63, 3.8) is 0 Å². The lowest BCUT2D eigenvalue weighted by molar-refractivity contribution is 0.0229. The van der Waals surface area contributed by atoms with E-state index in [0.29, 0.717) is 19.6 Å². The third kappa shape index (κ3) is 12.3. The molecule has 2 aromatic heterocycles. The summed E-state index contributed by atoms with van der Waals surface area (Å²) in [5.41, 5.74) is 3.96. The number of unbranched alkanes of at least 4 members (excludes halogenated alkanes) is 1. The molecule has 0 aliphatic carbocycles. The van der Waals surface area contributed by atoms with Gasteiger partial charge in [-0.3, -0.25) is 9.88 Å². The van der Waals surface area contributed by atoms with Crippen molar-refractivity contribution in [1.29, 1.82) is 0 Å². The zero-order valence-electron chi connectivity index (χ0n) is 26.7. The second-order valence-corrected chi connectivity index (χ2v) is 12.3. The van der Waals surface area contributed by atoms with Gasteiger partial charge in [0.15, 0.2) is 0 Å². The van der Waals surface area contributed by atoms with Crippen LogP contribution in [0, 0.1) is 6.92 Å². The van der Waals surface area contributed by atoms with Gasteiger partial charge in [-0.25, -0.2) is 9.78 Å². The molecule has 42 heavy (non-hydrogen) atoms. The Hall–Kier alpha value is -3.23. The topological polar surface area (TPSA) is 77.6 Å². The van der Waals surface area contributed by atoms with E-state index >= 15 is 0 Å². The second-order valence-electron chi connectivity index (χ2n) is 12.3. The normalized spacial score (nSPS) is 11.8. The van der Waals surface area contributed by atoms with E-state index in [9.17, 15) is 4.79 Å². The third-order valence-electron chi connectivity index (χ3n) is 6.97. The Morgan fingerprint density at radius 1 is 0.810 bits per heavy atom. The fourth-order valence-electron chi connectivity index (χ4n) is 4.98. The Kier molecular flexibility index (Phi) is 13.5. The van der Waals surface area contributed by atoms with E-state index in [1.807, 2.05) is 38.1 Å². The van der Waals surface area contributed by atoms with Gasteiger partial charge in [-0.1, -0.05) is 44.2 Å². The lowest BCUT2D eigenvalue weighted by atomic mass is 10.1. The third-order valence-corrected chi connectivity index (χ3v) is 6.97. The Morgan fingerprint density at radius 3 is 2.05 bits per heavy atom. The van der Waals surface area contributed by atoms with Crippen LogP contribution < -0.4 is 0 Å². The number of aromatic amines is 1. The quantitative estimate of drug-likeness (QED) is 0.175. The summed E-state index contributed by atoms with van der Waals surface area (Å²) in [6, 6.07) is 12.8. The minimum atomic E-state index is -0.526. The largest absolute Gasteiger partial charge is 0.444 e. The molecule has 8 heteroatoms. The predicted octanol–water partition coefficient (Wildman–Crippen LogP) is 6.95. The van der Waals surface area contributed by atoms with Gasteiger partial charge in [-0.05, 0) is 95.8 Å². The molecule has 0 saturated carbocycles. The fourth-order valence-corrected chi connectivity index (χ4v) is 4.98. The molecular formula is C34H52N6O2. The molecule has 1 amide bonds. The summed E-state index contributed by atoms with van der Waals surface area (Å²) in [4.78, 5) is 32.1. The molecule has 0 aliphatic rings. The molecule has 3 rings (SSSR count). The Morgan fingerprint density at radius 2 is 1.48 bits per heavy atom. The first-order chi connectivity index (χ1) is 20.1. The summed E-state index contributed by atoms with van der Waals surface area (Å²) < 4.78 is 5.77. The lowest BCUT2D eigenvalue weighted by Crippen LogP contribution is -2.37. The molecule has 8 nitrogen and oxygen atoms in total. The Balaban J connectivity index is 1.64. The molecule has 2 heterocycles. The van der Waals surface area contributed by atoms with Crippen LogP contribution in [0.5, 0.6) is 0 Å². The van der Waals surface area contributed by atoms with E-state index in [-0.39, 0.29) is 6.09 Å². The molecule has 0 aliphatic heterocycles. The molecule has 1 aromatic carbocycles. The van der Waals surface area contributed by atoms with Gasteiger partial charge < -0.3 is 19.5 Å². The molecule has 230 valence electrons. The maximum atomic E-state index is 13.1. The van der Waals surface area contributed by atoms with E-state index < -0.39 is 5.60 Å².